The first-order chi connectivity index (χ1) is 8.94. The highest BCUT2D eigenvalue weighted by molar-refractivity contribution is 9.10. The number of hydrogen-bond acceptors (Lipinski definition) is 4. The largest absolute Gasteiger partial charge is 0.365 e. The fourth-order valence-corrected chi connectivity index (χ4v) is 1.94. The number of nitrogens with one attached hydrogen (secondary N) is 2. The molecule has 0 aliphatic carbocycles. The van der Waals surface area contributed by atoms with Gasteiger partial charge in [-0.05, 0) is 54.9 Å². The SMILES string of the molecule is CC(C)(C)Nc1ccnc(Nc2ccccc2Br)n1. The van der Waals surface area contributed by atoms with Gasteiger partial charge in [-0.15, -0.1) is 0 Å². The second-order valence-corrected chi connectivity index (χ2v) is 6.10. The summed E-state index contributed by atoms with van der Waals surface area (Å²) in [5.41, 5.74) is 0.911. The summed E-state index contributed by atoms with van der Waals surface area (Å²) in [5.74, 6) is 1.37. The van der Waals surface area contributed by atoms with E-state index in [1.54, 1.807) is 6.20 Å². The van der Waals surface area contributed by atoms with Gasteiger partial charge in [0.2, 0.25) is 5.95 Å². The van der Waals surface area contributed by atoms with E-state index >= 15 is 0 Å². The van der Waals surface area contributed by atoms with E-state index in [-0.39, 0.29) is 5.54 Å². The average Bonchev–Trinajstić information content (AvgIpc) is 2.30. The lowest BCUT2D eigenvalue weighted by atomic mass is 10.1. The molecule has 1 aromatic carbocycles. The number of nitrogens with zero attached hydrogens (tertiary/aromatic N) is 2. The highest BCUT2D eigenvalue weighted by Gasteiger charge is 2.10. The predicted molar refractivity (Wildman–Crippen MR) is 82.8 cm³/mol. The Morgan fingerprint density at radius 1 is 1.11 bits per heavy atom. The second-order valence-electron chi connectivity index (χ2n) is 5.25. The Morgan fingerprint density at radius 2 is 1.84 bits per heavy atom. The monoisotopic (exact) mass is 320 g/mol. The van der Waals surface area contributed by atoms with Gasteiger partial charge in [-0.3, -0.25) is 0 Å². The lowest BCUT2D eigenvalue weighted by Crippen LogP contribution is -2.26. The quantitative estimate of drug-likeness (QED) is 0.890. The van der Waals surface area contributed by atoms with Crippen LogP contribution in [0.15, 0.2) is 41.0 Å². The summed E-state index contributed by atoms with van der Waals surface area (Å²) in [6, 6.07) is 9.73. The molecule has 0 amide bonds. The third kappa shape index (κ3) is 4.21. The molecule has 0 saturated heterocycles. The third-order valence-electron chi connectivity index (χ3n) is 2.28. The molecule has 19 heavy (non-hydrogen) atoms. The molecule has 0 unspecified atom stereocenters. The Morgan fingerprint density at radius 3 is 2.53 bits per heavy atom. The van der Waals surface area contributed by atoms with Crippen LogP contribution in [-0.4, -0.2) is 15.5 Å². The van der Waals surface area contributed by atoms with Crippen molar-refractivity contribution in [1.82, 2.24) is 9.97 Å². The summed E-state index contributed by atoms with van der Waals surface area (Å²) in [6.07, 6.45) is 1.74. The minimum atomic E-state index is -0.0288. The molecule has 0 spiro atoms. The van der Waals surface area contributed by atoms with Crippen molar-refractivity contribution in [3.8, 4) is 0 Å². The molecule has 0 radical (unpaired) electrons. The Bertz CT molecular complexity index is 563. The fraction of sp³-hybridized carbons (Fsp3) is 0.286. The summed E-state index contributed by atoms with van der Waals surface area (Å²) in [5, 5.41) is 6.51. The van der Waals surface area contributed by atoms with Crippen molar-refractivity contribution in [3.63, 3.8) is 0 Å². The normalized spacial score (nSPS) is 11.2. The molecule has 2 aromatic rings. The smallest absolute Gasteiger partial charge is 0.229 e. The van der Waals surface area contributed by atoms with Gasteiger partial charge < -0.3 is 10.6 Å². The first-order valence-corrected chi connectivity index (χ1v) is 6.86. The summed E-state index contributed by atoms with van der Waals surface area (Å²) >= 11 is 3.49. The van der Waals surface area contributed by atoms with E-state index in [2.05, 4.69) is 57.3 Å². The van der Waals surface area contributed by atoms with Gasteiger partial charge in [-0.1, -0.05) is 12.1 Å². The zero-order chi connectivity index (χ0) is 13.9. The molecule has 0 aliphatic rings. The molecule has 1 aromatic heterocycles. The van der Waals surface area contributed by atoms with Crippen molar-refractivity contribution >= 4 is 33.4 Å². The maximum Gasteiger partial charge on any atom is 0.229 e. The topological polar surface area (TPSA) is 49.8 Å². The number of hydrogen-bond donors (Lipinski definition) is 2. The van der Waals surface area contributed by atoms with E-state index in [4.69, 9.17) is 0 Å². The predicted octanol–water partition coefficient (Wildman–Crippen LogP) is 4.19. The fourth-order valence-electron chi connectivity index (χ4n) is 1.56. The molecular formula is C14H17BrN4. The van der Waals surface area contributed by atoms with Crippen LogP contribution >= 0.6 is 15.9 Å². The van der Waals surface area contributed by atoms with Crippen molar-refractivity contribution in [2.45, 2.75) is 26.3 Å². The van der Waals surface area contributed by atoms with E-state index in [1.807, 2.05) is 30.3 Å². The van der Waals surface area contributed by atoms with Crippen LogP contribution < -0.4 is 10.6 Å². The molecule has 2 rings (SSSR count). The Kier molecular flexibility index (Phi) is 4.04. The van der Waals surface area contributed by atoms with Gasteiger partial charge in [0.15, 0.2) is 0 Å². The molecule has 4 nitrogen and oxygen atoms in total. The van der Waals surface area contributed by atoms with Gasteiger partial charge in [0.05, 0.1) is 5.69 Å². The Hall–Kier alpha value is -1.62. The van der Waals surface area contributed by atoms with E-state index in [0.717, 1.165) is 16.0 Å². The molecule has 0 bridgehead atoms. The number of halogens is 1. The third-order valence-corrected chi connectivity index (χ3v) is 2.97. The van der Waals surface area contributed by atoms with Crippen molar-refractivity contribution in [1.29, 1.82) is 0 Å². The van der Waals surface area contributed by atoms with Crippen LogP contribution in [0.4, 0.5) is 17.5 Å². The Balaban J connectivity index is 2.18. The highest BCUT2D eigenvalue weighted by atomic mass is 79.9. The molecule has 5 heteroatoms. The van der Waals surface area contributed by atoms with Crippen LogP contribution in [0.1, 0.15) is 20.8 Å². The van der Waals surface area contributed by atoms with Crippen molar-refractivity contribution in [2.24, 2.45) is 0 Å². The van der Waals surface area contributed by atoms with Crippen molar-refractivity contribution in [2.75, 3.05) is 10.6 Å². The van der Waals surface area contributed by atoms with Crippen LogP contribution in [0, 0.1) is 0 Å². The number of para-hydroxylation sites is 1. The van der Waals surface area contributed by atoms with Crippen molar-refractivity contribution < 1.29 is 0 Å². The standard InChI is InChI=1S/C14H17BrN4/c1-14(2,3)19-12-8-9-16-13(18-12)17-11-7-5-4-6-10(11)15/h4-9H,1-3H3,(H2,16,17,18,19). The highest BCUT2D eigenvalue weighted by Crippen LogP contribution is 2.24. The lowest BCUT2D eigenvalue weighted by molar-refractivity contribution is 0.630. The van der Waals surface area contributed by atoms with Crippen LogP contribution in [0.2, 0.25) is 0 Å². The van der Waals surface area contributed by atoms with Crippen LogP contribution in [0.3, 0.4) is 0 Å². The number of anilines is 3. The van der Waals surface area contributed by atoms with Crippen LogP contribution in [-0.2, 0) is 0 Å². The maximum absolute atomic E-state index is 4.44. The summed E-state index contributed by atoms with van der Waals surface area (Å²) in [4.78, 5) is 8.66. The average molecular weight is 321 g/mol. The van der Waals surface area contributed by atoms with Gasteiger partial charge in [0, 0.05) is 16.2 Å². The van der Waals surface area contributed by atoms with Crippen LogP contribution in [0.25, 0.3) is 0 Å². The molecule has 0 fully saturated rings. The van der Waals surface area contributed by atoms with Gasteiger partial charge >= 0.3 is 0 Å². The summed E-state index contributed by atoms with van der Waals surface area (Å²) in [7, 11) is 0. The van der Waals surface area contributed by atoms with Crippen molar-refractivity contribution in [3.05, 3.63) is 41.0 Å². The Labute approximate surface area is 121 Å². The number of rotatable bonds is 3. The maximum atomic E-state index is 4.44. The van der Waals surface area contributed by atoms with E-state index in [1.165, 1.54) is 0 Å². The lowest BCUT2D eigenvalue weighted by Gasteiger charge is -2.21. The molecular weight excluding hydrogens is 304 g/mol. The van der Waals surface area contributed by atoms with Gasteiger partial charge in [-0.25, -0.2) is 4.98 Å². The minimum Gasteiger partial charge on any atom is -0.365 e. The molecule has 0 atom stereocenters. The zero-order valence-electron chi connectivity index (χ0n) is 11.2. The summed E-state index contributed by atoms with van der Waals surface area (Å²) in [6.45, 7) is 6.28. The van der Waals surface area contributed by atoms with Gasteiger partial charge in [0.1, 0.15) is 5.82 Å². The molecule has 2 N–H and O–H groups in total. The first kappa shape index (κ1) is 13.8. The molecule has 0 saturated carbocycles. The number of aromatic nitrogens is 2. The minimum absolute atomic E-state index is 0.0288. The second kappa shape index (κ2) is 5.57. The number of benzene rings is 1. The first-order valence-electron chi connectivity index (χ1n) is 6.07. The van der Waals surface area contributed by atoms with Gasteiger partial charge in [0.25, 0.3) is 0 Å². The van der Waals surface area contributed by atoms with E-state index in [0.29, 0.717) is 5.95 Å². The molecule has 1 heterocycles. The van der Waals surface area contributed by atoms with E-state index < -0.39 is 0 Å². The molecule has 0 aliphatic heterocycles. The van der Waals surface area contributed by atoms with E-state index in [9.17, 15) is 0 Å². The zero-order valence-corrected chi connectivity index (χ0v) is 12.8. The molecule has 100 valence electrons. The summed E-state index contributed by atoms with van der Waals surface area (Å²) < 4.78 is 0.979. The van der Waals surface area contributed by atoms with Gasteiger partial charge in [-0.2, -0.15) is 4.98 Å². The van der Waals surface area contributed by atoms with Crippen LogP contribution in [0.5, 0.6) is 0 Å².